The predicted octanol–water partition coefficient (Wildman–Crippen LogP) is 3.34. The molecule has 0 bridgehead atoms. The molecule has 1 N–H and O–H groups in total. The van der Waals surface area contributed by atoms with Gasteiger partial charge in [0, 0.05) is 24.4 Å². The summed E-state index contributed by atoms with van der Waals surface area (Å²) in [6.45, 7) is 4.77. The van der Waals surface area contributed by atoms with Gasteiger partial charge in [0.25, 0.3) is 0 Å². The minimum absolute atomic E-state index is 0.154. The van der Waals surface area contributed by atoms with Crippen molar-refractivity contribution >= 4 is 33.4 Å². The lowest BCUT2D eigenvalue weighted by atomic mass is 10.2. The highest BCUT2D eigenvalue weighted by atomic mass is 32.2. The molecule has 1 aromatic heterocycles. The Morgan fingerprint density at radius 2 is 1.93 bits per heavy atom. The van der Waals surface area contributed by atoms with Crippen LogP contribution in [0.15, 0.2) is 33.7 Å². The van der Waals surface area contributed by atoms with Crippen molar-refractivity contribution in [2.45, 2.75) is 43.8 Å². The molecule has 1 aliphatic heterocycles. The van der Waals surface area contributed by atoms with E-state index in [2.05, 4.69) is 10.5 Å². The molecule has 0 radical (unpaired) electrons. The molecule has 152 valence electrons. The maximum absolute atomic E-state index is 13.0. The minimum Gasteiger partial charge on any atom is -0.361 e. The van der Waals surface area contributed by atoms with Gasteiger partial charge in [0.2, 0.25) is 15.9 Å². The van der Waals surface area contributed by atoms with Gasteiger partial charge in [0.15, 0.2) is 0 Å². The van der Waals surface area contributed by atoms with Crippen LogP contribution >= 0.6 is 11.8 Å². The van der Waals surface area contributed by atoms with Gasteiger partial charge in [-0.2, -0.15) is 4.31 Å². The third-order valence-corrected chi connectivity index (χ3v) is 7.67. The van der Waals surface area contributed by atoms with Crippen molar-refractivity contribution in [3.63, 3.8) is 0 Å². The molecule has 0 spiro atoms. The maximum atomic E-state index is 13.0. The number of aryl methyl sites for hydroxylation is 2. The minimum atomic E-state index is -3.61. The highest BCUT2D eigenvalue weighted by molar-refractivity contribution is 7.99. The van der Waals surface area contributed by atoms with Gasteiger partial charge in [-0.15, -0.1) is 11.8 Å². The van der Waals surface area contributed by atoms with E-state index in [1.165, 1.54) is 16.1 Å². The second-order valence-corrected chi connectivity index (χ2v) is 9.70. The van der Waals surface area contributed by atoms with Gasteiger partial charge in [0.1, 0.15) is 10.7 Å². The summed E-state index contributed by atoms with van der Waals surface area (Å²) in [7, 11) is -3.61. The van der Waals surface area contributed by atoms with Crippen molar-refractivity contribution in [1.82, 2.24) is 9.46 Å². The number of nitrogens with one attached hydrogen (secondary N) is 1. The molecule has 1 aliphatic rings. The van der Waals surface area contributed by atoms with Gasteiger partial charge in [-0.25, -0.2) is 8.42 Å². The van der Waals surface area contributed by atoms with E-state index in [-0.39, 0.29) is 16.6 Å². The molecule has 28 heavy (non-hydrogen) atoms. The van der Waals surface area contributed by atoms with E-state index in [9.17, 15) is 13.2 Å². The van der Waals surface area contributed by atoms with Gasteiger partial charge < -0.3 is 9.84 Å². The second kappa shape index (κ2) is 9.11. The van der Waals surface area contributed by atoms with Gasteiger partial charge >= 0.3 is 0 Å². The highest BCUT2D eigenvalue weighted by Crippen LogP contribution is 2.27. The molecular formula is C19H25N3O4S2. The zero-order chi connectivity index (χ0) is 20.1. The molecule has 1 fully saturated rings. The Hall–Kier alpha value is -1.84. The van der Waals surface area contributed by atoms with Crippen LogP contribution in [0, 0.1) is 13.8 Å². The molecule has 1 aromatic carbocycles. The first kappa shape index (κ1) is 20.9. The first-order chi connectivity index (χ1) is 13.4. The Morgan fingerprint density at radius 1 is 1.21 bits per heavy atom. The Morgan fingerprint density at radius 3 is 2.61 bits per heavy atom. The molecule has 0 unspecified atom stereocenters. The van der Waals surface area contributed by atoms with E-state index in [1.54, 1.807) is 24.3 Å². The van der Waals surface area contributed by atoms with Crippen LogP contribution in [0.3, 0.4) is 0 Å². The molecule has 0 aliphatic carbocycles. The monoisotopic (exact) mass is 423 g/mol. The SMILES string of the molecule is Cc1noc(C)c1CSCC(=O)Nc1ccccc1S(=O)(=O)N1CCCCC1. The topological polar surface area (TPSA) is 92.5 Å². The summed E-state index contributed by atoms with van der Waals surface area (Å²) >= 11 is 1.44. The molecular weight excluding hydrogens is 398 g/mol. The van der Waals surface area contributed by atoms with E-state index in [4.69, 9.17) is 4.52 Å². The number of piperidine rings is 1. The van der Waals surface area contributed by atoms with Gasteiger partial charge in [-0.3, -0.25) is 4.79 Å². The Labute approximate surface area is 169 Å². The fourth-order valence-electron chi connectivity index (χ4n) is 3.18. The number of aromatic nitrogens is 1. The van der Waals surface area contributed by atoms with Crippen LogP contribution in [-0.4, -0.2) is 42.6 Å². The summed E-state index contributed by atoms with van der Waals surface area (Å²) in [6.07, 6.45) is 2.78. The van der Waals surface area contributed by atoms with E-state index in [1.807, 2.05) is 13.8 Å². The first-order valence-corrected chi connectivity index (χ1v) is 11.9. The number of rotatable bonds is 7. The van der Waals surface area contributed by atoms with Crippen molar-refractivity contribution in [1.29, 1.82) is 0 Å². The average molecular weight is 424 g/mol. The van der Waals surface area contributed by atoms with Crippen LogP contribution in [0.1, 0.15) is 36.3 Å². The Balaban J connectivity index is 1.65. The summed E-state index contributed by atoms with van der Waals surface area (Å²) in [4.78, 5) is 12.5. The van der Waals surface area contributed by atoms with Crippen molar-refractivity contribution < 1.29 is 17.7 Å². The molecule has 7 nitrogen and oxygen atoms in total. The Kier molecular flexibility index (Phi) is 6.79. The molecule has 2 heterocycles. The number of thioether (sulfide) groups is 1. The van der Waals surface area contributed by atoms with Crippen LogP contribution in [0.5, 0.6) is 0 Å². The highest BCUT2D eigenvalue weighted by Gasteiger charge is 2.28. The van der Waals surface area contributed by atoms with Gasteiger partial charge in [-0.1, -0.05) is 23.7 Å². The van der Waals surface area contributed by atoms with E-state index in [0.717, 1.165) is 36.3 Å². The fraction of sp³-hybridized carbons (Fsp3) is 0.474. The van der Waals surface area contributed by atoms with Gasteiger partial charge in [0.05, 0.1) is 17.1 Å². The smallest absolute Gasteiger partial charge is 0.245 e. The lowest BCUT2D eigenvalue weighted by Crippen LogP contribution is -2.36. The van der Waals surface area contributed by atoms with Crippen molar-refractivity contribution in [3.8, 4) is 0 Å². The van der Waals surface area contributed by atoms with E-state index in [0.29, 0.717) is 24.5 Å². The lowest BCUT2D eigenvalue weighted by molar-refractivity contribution is -0.113. The number of sulfonamides is 1. The van der Waals surface area contributed by atoms with E-state index < -0.39 is 10.0 Å². The van der Waals surface area contributed by atoms with Gasteiger partial charge in [-0.05, 0) is 38.8 Å². The third-order valence-electron chi connectivity index (χ3n) is 4.75. The third kappa shape index (κ3) is 4.76. The van der Waals surface area contributed by atoms with E-state index >= 15 is 0 Å². The van der Waals surface area contributed by atoms with Crippen molar-refractivity contribution in [3.05, 3.63) is 41.3 Å². The zero-order valence-corrected chi connectivity index (χ0v) is 17.7. The summed E-state index contributed by atoms with van der Waals surface area (Å²) in [5, 5.41) is 6.66. The van der Waals surface area contributed by atoms with Crippen LogP contribution < -0.4 is 5.32 Å². The number of nitrogens with zero attached hydrogens (tertiary/aromatic N) is 2. The number of anilines is 1. The largest absolute Gasteiger partial charge is 0.361 e. The molecule has 2 aromatic rings. The normalized spacial score (nSPS) is 15.5. The van der Waals surface area contributed by atoms with Crippen molar-refractivity contribution in [2.24, 2.45) is 0 Å². The first-order valence-electron chi connectivity index (χ1n) is 9.28. The number of benzene rings is 1. The Bertz CT molecular complexity index is 915. The fourth-order valence-corrected chi connectivity index (χ4v) is 5.82. The van der Waals surface area contributed by atoms with Crippen LogP contribution in [0.4, 0.5) is 5.69 Å². The number of hydrogen-bond acceptors (Lipinski definition) is 6. The average Bonchev–Trinajstić information content (AvgIpc) is 3.01. The van der Waals surface area contributed by atoms with Crippen LogP contribution in [-0.2, 0) is 20.6 Å². The molecule has 1 amide bonds. The number of para-hydroxylation sites is 1. The number of amides is 1. The molecule has 0 saturated carbocycles. The molecule has 9 heteroatoms. The van der Waals surface area contributed by atoms with Crippen LogP contribution in [0.2, 0.25) is 0 Å². The number of hydrogen-bond donors (Lipinski definition) is 1. The lowest BCUT2D eigenvalue weighted by Gasteiger charge is -2.26. The second-order valence-electron chi connectivity index (χ2n) is 6.80. The quantitative estimate of drug-likeness (QED) is 0.734. The van der Waals surface area contributed by atoms with Crippen LogP contribution in [0.25, 0.3) is 0 Å². The summed E-state index contributed by atoms with van der Waals surface area (Å²) in [6, 6.07) is 6.59. The molecule has 1 saturated heterocycles. The number of carbonyl (C=O) groups excluding carboxylic acids is 1. The standard InChI is InChI=1S/C19H25N3O4S2/c1-14-16(15(2)26-21-14)12-27-13-19(23)20-17-8-4-5-9-18(17)28(24,25)22-10-6-3-7-11-22/h4-5,8-9H,3,6-7,10-13H2,1-2H3,(H,20,23). The van der Waals surface area contributed by atoms with Crippen molar-refractivity contribution in [2.75, 3.05) is 24.2 Å². The zero-order valence-electron chi connectivity index (χ0n) is 16.1. The maximum Gasteiger partial charge on any atom is 0.245 e. The molecule has 0 atom stereocenters. The number of carbonyl (C=O) groups is 1. The summed E-state index contributed by atoms with van der Waals surface area (Å²) in [5.74, 6) is 1.34. The predicted molar refractivity (Wildman–Crippen MR) is 110 cm³/mol. The summed E-state index contributed by atoms with van der Waals surface area (Å²) < 4.78 is 32.6. The summed E-state index contributed by atoms with van der Waals surface area (Å²) in [5.41, 5.74) is 2.14. The molecule has 3 rings (SSSR count).